The smallest absolute Gasteiger partial charge is 0.147 e. The van der Waals surface area contributed by atoms with Crippen LogP contribution in [0.25, 0.3) is 0 Å². The number of anilines is 2. The molecule has 128 valence electrons. The molecule has 1 saturated heterocycles. The summed E-state index contributed by atoms with van der Waals surface area (Å²) in [6.45, 7) is 3.19. The van der Waals surface area contributed by atoms with Crippen LogP contribution in [-0.2, 0) is 13.0 Å². The van der Waals surface area contributed by atoms with E-state index in [1.54, 1.807) is 12.4 Å². The number of hydrogen-bond donors (Lipinski definition) is 2. The van der Waals surface area contributed by atoms with Crippen LogP contribution in [0.1, 0.15) is 24.1 Å². The molecule has 0 spiro atoms. The van der Waals surface area contributed by atoms with E-state index in [1.807, 2.05) is 26.4 Å². The first-order valence-electron chi connectivity index (χ1n) is 8.61. The van der Waals surface area contributed by atoms with Gasteiger partial charge in [-0.25, -0.2) is 9.97 Å². The second kappa shape index (κ2) is 8.06. The van der Waals surface area contributed by atoms with Crippen LogP contribution in [0.3, 0.4) is 0 Å². The Hall–Kier alpha value is -2.21. The van der Waals surface area contributed by atoms with Crippen molar-refractivity contribution in [1.82, 2.24) is 19.9 Å². The lowest BCUT2D eigenvalue weighted by atomic mass is 9.93. The number of aromatic nitrogens is 3. The molecule has 6 nitrogen and oxygen atoms in total. The largest absolute Gasteiger partial charge is 0.373 e. The molecule has 2 aromatic heterocycles. The van der Waals surface area contributed by atoms with Gasteiger partial charge in [0.15, 0.2) is 0 Å². The molecule has 3 heterocycles. The van der Waals surface area contributed by atoms with Crippen molar-refractivity contribution in [1.29, 1.82) is 0 Å². The fourth-order valence-electron chi connectivity index (χ4n) is 3.49. The van der Waals surface area contributed by atoms with Crippen molar-refractivity contribution >= 4 is 11.6 Å². The maximum atomic E-state index is 4.52. The molecule has 2 aromatic rings. The molecule has 0 bridgehead atoms. The highest BCUT2D eigenvalue weighted by molar-refractivity contribution is 5.43. The van der Waals surface area contributed by atoms with Gasteiger partial charge in [0.2, 0.25) is 0 Å². The first kappa shape index (κ1) is 16.6. The van der Waals surface area contributed by atoms with Gasteiger partial charge in [0.05, 0.1) is 5.69 Å². The van der Waals surface area contributed by atoms with Crippen LogP contribution in [0.4, 0.5) is 11.6 Å². The van der Waals surface area contributed by atoms with Gasteiger partial charge in [0, 0.05) is 51.3 Å². The molecule has 1 fully saturated rings. The van der Waals surface area contributed by atoms with Crippen molar-refractivity contribution in [2.24, 2.45) is 5.92 Å². The van der Waals surface area contributed by atoms with Gasteiger partial charge >= 0.3 is 0 Å². The van der Waals surface area contributed by atoms with E-state index < -0.39 is 0 Å². The lowest BCUT2D eigenvalue weighted by molar-refractivity contribution is 0.166. The first-order chi connectivity index (χ1) is 11.8. The molecule has 0 aromatic carbocycles. The van der Waals surface area contributed by atoms with E-state index in [4.69, 9.17) is 0 Å². The Kier molecular flexibility index (Phi) is 5.59. The van der Waals surface area contributed by atoms with E-state index in [1.165, 1.54) is 18.4 Å². The van der Waals surface area contributed by atoms with Crippen molar-refractivity contribution in [2.45, 2.75) is 25.8 Å². The number of hydrogen-bond acceptors (Lipinski definition) is 6. The lowest BCUT2D eigenvalue weighted by Crippen LogP contribution is -2.36. The highest BCUT2D eigenvalue weighted by atomic mass is 15.1. The van der Waals surface area contributed by atoms with Gasteiger partial charge in [-0.2, -0.15) is 0 Å². The zero-order chi connectivity index (χ0) is 16.8. The summed E-state index contributed by atoms with van der Waals surface area (Å²) in [6.07, 6.45) is 8.82. The Balaban J connectivity index is 1.64. The van der Waals surface area contributed by atoms with Crippen LogP contribution in [0.15, 0.2) is 30.7 Å². The third kappa shape index (κ3) is 4.00. The van der Waals surface area contributed by atoms with Crippen LogP contribution in [0, 0.1) is 5.92 Å². The van der Waals surface area contributed by atoms with Crippen LogP contribution in [-0.4, -0.2) is 47.0 Å². The van der Waals surface area contributed by atoms with Gasteiger partial charge in [-0.3, -0.25) is 9.88 Å². The number of piperidine rings is 1. The zero-order valence-corrected chi connectivity index (χ0v) is 14.5. The summed E-state index contributed by atoms with van der Waals surface area (Å²) >= 11 is 0. The number of nitrogens with one attached hydrogen (secondary N) is 2. The van der Waals surface area contributed by atoms with Gasteiger partial charge in [0.25, 0.3) is 0 Å². The van der Waals surface area contributed by atoms with Crippen LogP contribution < -0.4 is 10.6 Å². The fourth-order valence-corrected chi connectivity index (χ4v) is 3.49. The molecular formula is C18H26N6. The quantitative estimate of drug-likeness (QED) is 0.850. The minimum atomic E-state index is 0.622. The Morgan fingerprint density at radius 3 is 2.71 bits per heavy atom. The van der Waals surface area contributed by atoms with E-state index in [0.717, 1.165) is 43.4 Å². The van der Waals surface area contributed by atoms with E-state index in [2.05, 4.69) is 36.6 Å². The Morgan fingerprint density at radius 2 is 1.88 bits per heavy atom. The van der Waals surface area contributed by atoms with Gasteiger partial charge in [-0.05, 0) is 37.8 Å². The number of likely N-dealkylation sites (tertiary alicyclic amines) is 1. The predicted molar refractivity (Wildman–Crippen MR) is 97.1 cm³/mol. The Labute approximate surface area is 143 Å². The lowest BCUT2D eigenvalue weighted by Gasteiger charge is -2.33. The average Bonchev–Trinajstić information content (AvgIpc) is 2.63. The van der Waals surface area contributed by atoms with E-state index in [9.17, 15) is 0 Å². The predicted octanol–water partition coefficient (Wildman–Crippen LogP) is 2.41. The minimum absolute atomic E-state index is 0.622. The Morgan fingerprint density at radius 1 is 1.08 bits per heavy atom. The van der Waals surface area contributed by atoms with Crippen molar-refractivity contribution in [3.8, 4) is 0 Å². The van der Waals surface area contributed by atoms with E-state index >= 15 is 0 Å². The molecular weight excluding hydrogens is 300 g/mol. The van der Waals surface area contributed by atoms with Crippen LogP contribution >= 0.6 is 0 Å². The molecule has 1 aliphatic rings. The summed E-state index contributed by atoms with van der Waals surface area (Å²) in [5.41, 5.74) is 2.33. The molecule has 0 saturated carbocycles. The average molecular weight is 326 g/mol. The standard InChI is InChI=1S/C18H26N6/c1-19-17-15(6-3-7-22-17)13-24-10-4-5-14(12-24)11-16-18(20-2)23-9-8-21-16/h3,6-9,14H,4-5,10-13H2,1-2H3,(H,19,22)(H,20,23). The third-order valence-corrected chi connectivity index (χ3v) is 4.62. The van der Waals surface area contributed by atoms with Crippen molar-refractivity contribution in [3.05, 3.63) is 42.0 Å². The molecule has 0 radical (unpaired) electrons. The number of rotatable bonds is 6. The molecule has 1 aliphatic heterocycles. The molecule has 6 heteroatoms. The van der Waals surface area contributed by atoms with Crippen LogP contribution in [0.2, 0.25) is 0 Å². The first-order valence-corrected chi connectivity index (χ1v) is 8.61. The number of pyridine rings is 1. The van der Waals surface area contributed by atoms with Gasteiger partial charge < -0.3 is 10.6 Å². The summed E-state index contributed by atoms with van der Waals surface area (Å²) < 4.78 is 0. The monoisotopic (exact) mass is 326 g/mol. The second-order valence-electron chi connectivity index (χ2n) is 6.31. The normalized spacial score (nSPS) is 18.3. The van der Waals surface area contributed by atoms with Gasteiger partial charge in [-0.1, -0.05) is 6.07 Å². The Bertz CT molecular complexity index is 604. The van der Waals surface area contributed by atoms with Crippen molar-refractivity contribution in [2.75, 3.05) is 37.8 Å². The SMILES string of the molecule is CNc1ncccc1CN1CCCC(Cc2nccnc2NC)C1. The van der Waals surface area contributed by atoms with Crippen molar-refractivity contribution < 1.29 is 0 Å². The minimum Gasteiger partial charge on any atom is -0.373 e. The molecule has 1 atom stereocenters. The zero-order valence-electron chi connectivity index (χ0n) is 14.5. The maximum Gasteiger partial charge on any atom is 0.147 e. The second-order valence-corrected chi connectivity index (χ2v) is 6.31. The highest BCUT2D eigenvalue weighted by Crippen LogP contribution is 2.24. The van der Waals surface area contributed by atoms with E-state index in [-0.39, 0.29) is 0 Å². The maximum absolute atomic E-state index is 4.52. The molecule has 2 N–H and O–H groups in total. The summed E-state index contributed by atoms with van der Waals surface area (Å²) in [5.74, 6) is 2.50. The molecule has 0 amide bonds. The summed E-state index contributed by atoms with van der Waals surface area (Å²) in [6, 6.07) is 4.17. The molecule has 24 heavy (non-hydrogen) atoms. The molecule has 1 unspecified atom stereocenters. The molecule has 0 aliphatic carbocycles. The highest BCUT2D eigenvalue weighted by Gasteiger charge is 2.22. The third-order valence-electron chi connectivity index (χ3n) is 4.62. The van der Waals surface area contributed by atoms with Crippen molar-refractivity contribution in [3.63, 3.8) is 0 Å². The van der Waals surface area contributed by atoms with E-state index in [0.29, 0.717) is 5.92 Å². The fraction of sp³-hybridized carbons (Fsp3) is 0.500. The summed E-state index contributed by atoms with van der Waals surface area (Å²) in [5, 5.41) is 6.33. The topological polar surface area (TPSA) is 66.0 Å². The van der Waals surface area contributed by atoms with Gasteiger partial charge in [-0.15, -0.1) is 0 Å². The van der Waals surface area contributed by atoms with Gasteiger partial charge in [0.1, 0.15) is 11.6 Å². The summed E-state index contributed by atoms with van der Waals surface area (Å²) in [4.78, 5) is 15.8. The van der Waals surface area contributed by atoms with Crippen LogP contribution in [0.5, 0.6) is 0 Å². The molecule has 3 rings (SSSR count). The summed E-state index contributed by atoms with van der Waals surface area (Å²) in [7, 11) is 3.83. The number of nitrogens with zero attached hydrogens (tertiary/aromatic N) is 4.